The first-order valence-corrected chi connectivity index (χ1v) is 7.63. The van der Waals surface area contributed by atoms with Gasteiger partial charge in [-0.25, -0.2) is 12.7 Å². The molecule has 0 rings (SSSR count). The molecule has 98 valence electrons. The van der Waals surface area contributed by atoms with Gasteiger partial charge in [-0.15, -0.1) is 0 Å². The van der Waals surface area contributed by atoms with E-state index in [-0.39, 0.29) is 5.25 Å². The van der Waals surface area contributed by atoms with Gasteiger partial charge in [0.2, 0.25) is 10.0 Å². The summed E-state index contributed by atoms with van der Waals surface area (Å²) in [6.07, 6.45) is 2.96. The Morgan fingerprint density at radius 3 is 2.38 bits per heavy atom. The molecule has 0 spiro atoms. The van der Waals surface area contributed by atoms with Gasteiger partial charge in [-0.3, -0.25) is 0 Å². The maximum atomic E-state index is 12.0. The van der Waals surface area contributed by atoms with E-state index in [4.69, 9.17) is 0 Å². The zero-order chi connectivity index (χ0) is 12.6. The number of unbranched alkanes of at least 4 members (excludes halogenated alkanes) is 1. The SMILES string of the molecule is CCCCN(C)S(=O)(=O)C(C)CNCCC. The first-order chi connectivity index (χ1) is 7.46. The van der Waals surface area contributed by atoms with E-state index >= 15 is 0 Å². The van der Waals surface area contributed by atoms with Crippen LogP contribution in [0.25, 0.3) is 0 Å². The van der Waals surface area contributed by atoms with Crippen molar-refractivity contribution in [1.29, 1.82) is 0 Å². The Morgan fingerprint density at radius 2 is 1.88 bits per heavy atom. The molecule has 0 bridgehead atoms. The van der Waals surface area contributed by atoms with Gasteiger partial charge in [0.05, 0.1) is 5.25 Å². The van der Waals surface area contributed by atoms with E-state index in [2.05, 4.69) is 19.2 Å². The normalized spacial score (nSPS) is 14.3. The quantitative estimate of drug-likeness (QED) is 0.630. The minimum Gasteiger partial charge on any atom is -0.315 e. The molecule has 1 atom stereocenters. The monoisotopic (exact) mass is 250 g/mol. The second kappa shape index (κ2) is 8.03. The fourth-order valence-corrected chi connectivity index (χ4v) is 2.73. The molecule has 1 unspecified atom stereocenters. The zero-order valence-electron chi connectivity index (χ0n) is 11.0. The summed E-state index contributed by atoms with van der Waals surface area (Å²) in [5, 5.41) is 2.80. The highest BCUT2D eigenvalue weighted by Crippen LogP contribution is 2.07. The molecule has 0 aromatic carbocycles. The van der Waals surface area contributed by atoms with Gasteiger partial charge in [-0.05, 0) is 26.3 Å². The molecule has 0 aliphatic rings. The van der Waals surface area contributed by atoms with Crippen molar-refractivity contribution in [2.45, 2.75) is 45.3 Å². The van der Waals surface area contributed by atoms with Crippen LogP contribution in [0.15, 0.2) is 0 Å². The molecule has 0 saturated carbocycles. The van der Waals surface area contributed by atoms with Crippen molar-refractivity contribution in [3.8, 4) is 0 Å². The predicted octanol–water partition coefficient (Wildman–Crippen LogP) is 1.44. The van der Waals surface area contributed by atoms with E-state index in [1.165, 1.54) is 4.31 Å². The lowest BCUT2D eigenvalue weighted by Gasteiger charge is -2.22. The van der Waals surface area contributed by atoms with Crippen molar-refractivity contribution < 1.29 is 8.42 Å². The van der Waals surface area contributed by atoms with Gasteiger partial charge in [0.25, 0.3) is 0 Å². The van der Waals surface area contributed by atoms with Crippen molar-refractivity contribution in [3.05, 3.63) is 0 Å². The maximum absolute atomic E-state index is 12.0. The molecule has 0 aliphatic carbocycles. The fourth-order valence-electron chi connectivity index (χ4n) is 1.40. The highest BCUT2D eigenvalue weighted by Gasteiger charge is 2.24. The number of nitrogens with zero attached hydrogens (tertiary/aromatic N) is 1. The number of hydrogen-bond donors (Lipinski definition) is 1. The molecule has 0 aromatic rings. The summed E-state index contributed by atoms with van der Waals surface area (Å²) >= 11 is 0. The maximum Gasteiger partial charge on any atom is 0.217 e. The summed E-state index contributed by atoms with van der Waals surface area (Å²) in [5.41, 5.74) is 0. The summed E-state index contributed by atoms with van der Waals surface area (Å²) in [7, 11) is -1.45. The smallest absolute Gasteiger partial charge is 0.217 e. The molecule has 0 radical (unpaired) electrons. The predicted molar refractivity (Wildman–Crippen MR) is 69.1 cm³/mol. The molecule has 1 N–H and O–H groups in total. The highest BCUT2D eigenvalue weighted by atomic mass is 32.2. The van der Waals surface area contributed by atoms with Crippen molar-refractivity contribution in [2.75, 3.05) is 26.7 Å². The van der Waals surface area contributed by atoms with E-state index in [9.17, 15) is 8.42 Å². The lowest BCUT2D eigenvalue weighted by atomic mass is 10.3. The minimum atomic E-state index is -3.12. The number of rotatable bonds is 9. The second-order valence-electron chi connectivity index (χ2n) is 4.23. The molecular weight excluding hydrogens is 224 g/mol. The molecule has 0 aliphatic heterocycles. The lowest BCUT2D eigenvalue weighted by molar-refractivity contribution is 0.448. The van der Waals surface area contributed by atoms with Crippen LogP contribution in [-0.2, 0) is 10.0 Å². The topological polar surface area (TPSA) is 49.4 Å². The van der Waals surface area contributed by atoms with Crippen molar-refractivity contribution >= 4 is 10.0 Å². The van der Waals surface area contributed by atoms with Gasteiger partial charge < -0.3 is 5.32 Å². The van der Waals surface area contributed by atoms with E-state index in [1.807, 2.05) is 0 Å². The molecule has 5 heteroatoms. The Labute approximate surface area is 100 Å². The molecule has 0 fully saturated rings. The summed E-state index contributed by atoms with van der Waals surface area (Å²) in [5.74, 6) is 0. The van der Waals surface area contributed by atoms with Crippen LogP contribution in [0.4, 0.5) is 0 Å². The third-order valence-electron chi connectivity index (χ3n) is 2.63. The summed E-state index contributed by atoms with van der Waals surface area (Å²) in [4.78, 5) is 0. The van der Waals surface area contributed by atoms with Gasteiger partial charge in [0, 0.05) is 20.1 Å². The summed E-state index contributed by atoms with van der Waals surface area (Å²) < 4.78 is 25.5. The van der Waals surface area contributed by atoms with Gasteiger partial charge >= 0.3 is 0 Å². The van der Waals surface area contributed by atoms with Crippen LogP contribution in [0.1, 0.15) is 40.0 Å². The Morgan fingerprint density at radius 1 is 1.25 bits per heavy atom. The fraction of sp³-hybridized carbons (Fsp3) is 1.00. The second-order valence-corrected chi connectivity index (χ2v) is 6.69. The van der Waals surface area contributed by atoms with Crippen molar-refractivity contribution in [2.24, 2.45) is 0 Å². The van der Waals surface area contributed by atoms with E-state index in [1.54, 1.807) is 14.0 Å². The van der Waals surface area contributed by atoms with Crippen LogP contribution in [0.2, 0.25) is 0 Å². The number of sulfonamides is 1. The minimum absolute atomic E-state index is 0.346. The average Bonchev–Trinajstić information content (AvgIpc) is 2.25. The first-order valence-electron chi connectivity index (χ1n) is 6.12. The van der Waals surface area contributed by atoms with E-state index in [0.717, 1.165) is 25.8 Å². The van der Waals surface area contributed by atoms with Crippen LogP contribution >= 0.6 is 0 Å². The van der Waals surface area contributed by atoms with E-state index < -0.39 is 10.0 Å². The van der Waals surface area contributed by atoms with Crippen LogP contribution in [0, 0.1) is 0 Å². The van der Waals surface area contributed by atoms with E-state index in [0.29, 0.717) is 13.1 Å². The van der Waals surface area contributed by atoms with Crippen molar-refractivity contribution in [1.82, 2.24) is 9.62 Å². The number of hydrogen-bond acceptors (Lipinski definition) is 3. The third-order valence-corrected chi connectivity index (χ3v) is 4.86. The molecule has 0 saturated heterocycles. The highest BCUT2D eigenvalue weighted by molar-refractivity contribution is 7.89. The molecular formula is C11H26N2O2S. The molecule has 0 amide bonds. The third kappa shape index (κ3) is 5.27. The van der Waals surface area contributed by atoms with Gasteiger partial charge in [0.15, 0.2) is 0 Å². The lowest BCUT2D eigenvalue weighted by Crippen LogP contribution is -2.40. The zero-order valence-corrected chi connectivity index (χ0v) is 11.8. The van der Waals surface area contributed by atoms with Crippen LogP contribution < -0.4 is 5.32 Å². The Hall–Kier alpha value is -0.130. The Balaban J connectivity index is 4.18. The molecule has 16 heavy (non-hydrogen) atoms. The molecule has 0 heterocycles. The summed E-state index contributed by atoms with van der Waals surface area (Å²) in [6.45, 7) is 7.93. The summed E-state index contributed by atoms with van der Waals surface area (Å²) in [6, 6.07) is 0. The average molecular weight is 250 g/mol. The molecule has 4 nitrogen and oxygen atoms in total. The van der Waals surface area contributed by atoms with Gasteiger partial charge in [-0.1, -0.05) is 20.3 Å². The van der Waals surface area contributed by atoms with Crippen LogP contribution in [0.5, 0.6) is 0 Å². The standard InChI is InChI=1S/C11H26N2O2S/c1-5-7-9-13(4)16(14,15)11(3)10-12-8-6-2/h11-12H,5-10H2,1-4H3. The Kier molecular flexibility index (Phi) is 7.97. The Bertz CT molecular complexity index is 265. The first kappa shape index (κ1) is 15.9. The van der Waals surface area contributed by atoms with Crippen LogP contribution in [0.3, 0.4) is 0 Å². The molecule has 0 aromatic heterocycles. The van der Waals surface area contributed by atoms with Gasteiger partial charge in [0.1, 0.15) is 0 Å². The number of nitrogens with one attached hydrogen (secondary N) is 1. The largest absolute Gasteiger partial charge is 0.315 e. The van der Waals surface area contributed by atoms with Gasteiger partial charge in [-0.2, -0.15) is 0 Å². The van der Waals surface area contributed by atoms with Crippen LogP contribution in [-0.4, -0.2) is 44.7 Å². The van der Waals surface area contributed by atoms with Crippen molar-refractivity contribution in [3.63, 3.8) is 0 Å².